The van der Waals surface area contributed by atoms with E-state index in [0.717, 1.165) is 63.2 Å². The van der Waals surface area contributed by atoms with Crippen LogP contribution in [0, 0.1) is 17.2 Å². The summed E-state index contributed by atoms with van der Waals surface area (Å²) >= 11 is 0. The van der Waals surface area contributed by atoms with Crippen molar-refractivity contribution < 1.29 is 4.79 Å². The summed E-state index contributed by atoms with van der Waals surface area (Å²) in [4.78, 5) is 14.9. The third-order valence-corrected chi connectivity index (χ3v) is 7.28. The van der Waals surface area contributed by atoms with Crippen LogP contribution in [0.3, 0.4) is 0 Å². The van der Waals surface area contributed by atoms with Crippen molar-refractivity contribution in [3.05, 3.63) is 70.8 Å². The maximum absolute atomic E-state index is 12.3. The van der Waals surface area contributed by atoms with Gasteiger partial charge in [0, 0.05) is 25.6 Å². The molecule has 0 unspecified atom stereocenters. The topological polar surface area (TPSA) is 56.1 Å². The predicted molar refractivity (Wildman–Crippen MR) is 128 cm³/mol. The summed E-state index contributed by atoms with van der Waals surface area (Å²) in [6.45, 7) is 3.37. The fourth-order valence-corrected chi connectivity index (χ4v) is 5.23. The molecule has 4 rings (SSSR count). The molecule has 32 heavy (non-hydrogen) atoms. The molecule has 2 aromatic carbocycles. The van der Waals surface area contributed by atoms with Gasteiger partial charge in [0.15, 0.2) is 0 Å². The molecule has 1 N–H and O–H groups in total. The SMILES string of the molecule is N#Cc1ccc2c(c1)CCN(CCC1CCC(NC(=O)CCc3ccccc3)CC1)CC2. The van der Waals surface area contributed by atoms with Crippen LogP contribution in [0.25, 0.3) is 0 Å². The fourth-order valence-electron chi connectivity index (χ4n) is 5.23. The Morgan fingerprint density at radius 1 is 1.00 bits per heavy atom. The van der Waals surface area contributed by atoms with Crippen LogP contribution >= 0.6 is 0 Å². The molecule has 0 aromatic heterocycles. The van der Waals surface area contributed by atoms with Crippen LogP contribution in [-0.4, -0.2) is 36.5 Å². The van der Waals surface area contributed by atoms with E-state index in [-0.39, 0.29) is 5.91 Å². The second-order valence-electron chi connectivity index (χ2n) is 9.50. The second kappa shape index (κ2) is 11.3. The number of nitrogens with one attached hydrogen (secondary N) is 1. The lowest BCUT2D eigenvalue weighted by Gasteiger charge is -2.30. The van der Waals surface area contributed by atoms with Gasteiger partial charge in [-0.15, -0.1) is 0 Å². The molecule has 0 bridgehead atoms. The Morgan fingerprint density at radius 2 is 1.75 bits per heavy atom. The summed E-state index contributed by atoms with van der Waals surface area (Å²) in [6, 6.07) is 19.1. The van der Waals surface area contributed by atoms with E-state index in [0.29, 0.717) is 12.5 Å². The van der Waals surface area contributed by atoms with Gasteiger partial charge >= 0.3 is 0 Å². The zero-order valence-electron chi connectivity index (χ0n) is 19.1. The van der Waals surface area contributed by atoms with E-state index in [1.165, 1.54) is 36.0 Å². The second-order valence-corrected chi connectivity index (χ2v) is 9.50. The lowest BCUT2D eigenvalue weighted by atomic mass is 9.84. The van der Waals surface area contributed by atoms with Gasteiger partial charge in [0.05, 0.1) is 11.6 Å². The highest BCUT2D eigenvalue weighted by atomic mass is 16.1. The van der Waals surface area contributed by atoms with Crippen molar-refractivity contribution in [1.29, 1.82) is 5.26 Å². The zero-order valence-corrected chi connectivity index (χ0v) is 19.1. The molecule has 1 amide bonds. The smallest absolute Gasteiger partial charge is 0.220 e. The molecule has 1 fully saturated rings. The number of benzene rings is 2. The first-order chi connectivity index (χ1) is 15.7. The van der Waals surface area contributed by atoms with Crippen LogP contribution in [0.2, 0.25) is 0 Å². The highest BCUT2D eigenvalue weighted by Gasteiger charge is 2.23. The molecular formula is C28H35N3O. The molecule has 0 radical (unpaired) electrons. The molecule has 4 nitrogen and oxygen atoms in total. The third-order valence-electron chi connectivity index (χ3n) is 7.28. The van der Waals surface area contributed by atoms with Crippen molar-refractivity contribution in [3.63, 3.8) is 0 Å². The lowest BCUT2D eigenvalue weighted by molar-refractivity contribution is -0.122. The number of carbonyl (C=O) groups is 1. The van der Waals surface area contributed by atoms with Crippen LogP contribution in [0.1, 0.15) is 60.8 Å². The van der Waals surface area contributed by atoms with Gasteiger partial charge < -0.3 is 10.2 Å². The predicted octanol–water partition coefficient (Wildman–Crippen LogP) is 4.66. The minimum Gasteiger partial charge on any atom is -0.353 e. The maximum atomic E-state index is 12.3. The van der Waals surface area contributed by atoms with Crippen LogP contribution in [0.15, 0.2) is 48.5 Å². The van der Waals surface area contributed by atoms with Gasteiger partial charge in [-0.25, -0.2) is 0 Å². The summed E-state index contributed by atoms with van der Waals surface area (Å²) < 4.78 is 0. The summed E-state index contributed by atoms with van der Waals surface area (Å²) in [5, 5.41) is 12.4. The molecule has 1 heterocycles. The van der Waals surface area contributed by atoms with Gasteiger partial charge in [0.25, 0.3) is 0 Å². The Bertz CT molecular complexity index is 925. The summed E-state index contributed by atoms with van der Waals surface area (Å²) in [5.41, 5.74) is 4.78. The van der Waals surface area contributed by atoms with Gasteiger partial charge in [-0.3, -0.25) is 4.79 Å². The summed E-state index contributed by atoms with van der Waals surface area (Å²) in [6.07, 6.45) is 9.47. The van der Waals surface area contributed by atoms with Gasteiger partial charge in [0.1, 0.15) is 0 Å². The molecule has 0 atom stereocenters. The standard InChI is InChI=1S/C28H35N3O/c29-21-24-6-10-25-15-18-31(19-16-26(25)20-24)17-14-23-7-11-27(12-8-23)30-28(32)13-9-22-4-2-1-3-5-22/h1-6,10,20,23,27H,7-9,11-19H2,(H,30,32). The van der Waals surface area contributed by atoms with Crippen molar-refractivity contribution >= 4 is 5.91 Å². The molecule has 168 valence electrons. The first-order valence-electron chi connectivity index (χ1n) is 12.3. The van der Waals surface area contributed by atoms with Gasteiger partial charge in [0.2, 0.25) is 5.91 Å². The van der Waals surface area contributed by atoms with Crippen molar-refractivity contribution in [2.24, 2.45) is 5.92 Å². The van der Waals surface area contributed by atoms with Crippen LogP contribution in [0.5, 0.6) is 0 Å². The number of amides is 1. The van der Waals surface area contributed by atoms with E-state index >= 15 is 0 Å². The largest absolute Gasteiger partial charge is 0.353 e. The average Bonchev–Trinajstić information content (AvgIpc) is 3.05. The minimum absolute atomic E-state index is 0.195. The van der Waals surface area contributed by atoms with Crippen molar-refractivity contribution in [2.45, 2.75) is 63.8 Å². The quantitative estimate of drug-likeness (QED) is 0.697. The Kier molecular flexibility index (Phi) is 7.96. The lowest BCUT2D eigenvalue weighted by Crippen LogP contribution is -2.38. The van der Waals surface area contributed by atoms with Gasteiger partial charge in [-0.05, 0) is 92.7 Å². The first-order valence-corrected chi connectivity index (χ1v) is 12.3. The van der Waals surface area contributed by atoms with E-state index in [1.807, 2.05) is 24.3 Å². The molecule has 4 heteroatoms. The van der Waals surface area contributed by atoms with E-state index in [4.69, 9.17) is 5.26 Å². The molecule has 1 saturated carbocycles. The summed E-state index contributed by atoms with van der Waals surface area (Å²) in [7, 11) is 0. The van der Waals surface area contributed by atoms with E-state index in [2.05, 4.69) is 40.6 Å². The molecule has 2 aliphatic rings. The number of nitriles is 1. The van der Waals surface area contributed by atoms with E-state index < -0.39 is 0 Å². The van der Waals surface area contributed by atoms with E-state index in [1.54, 1.807) is 0 Å². The maximum Gasteiger partial charge on any atom is 0.220 e. The van der Waals surface area contributed by atoms with Crippen molar-refractivity contribution in [2.75, 3.05) is 19.6 Å². The molecule has 1 aliphatic heterocycles. The van der Waals surface area contributed by atoms with Gasteiger partial charge in [-0.1, -0.05) is 36.4 Å². The number of carbonyl (C=O) groups excluding carboxylic acids is 1. The van der Waals surface area contributed by atoms with Crippen LogP contribution in [0.4, 0.5) is 0 Å². The van der Waals surface area contributed by atoms with E-state index in [9.17, 15) is 4.79 Å². The Balaban J connectivity index is 1.13. The molecule has 0 saturated heterocycles. The highest BCUT2D eigenvalue weighted by Crippen LogP contribution is 2.28. The monoisotopic (exact) mass is 429 g/mol. The number of hydrogen-bond donors (Lipinski definition) is 1. The number of aryl methyl sites for hydroxylation is 1. The number of hydrogen-bond acceptors (Lipinski definition) is 3. The molecule has 1 aliphatic carbocycles. The summed E-state index contributed by atoms with van der Waals surface area (Å²) in [5.74, 6) is 0.976. The molecule has 0 spiro atoms. The fraction of sp³-hybridized carbons (Fsp3) is 0.500. The number of fused-ring (bicyclic) bond motifs is 1. The molecular weight excluding hydrogens is 394 g/mol. The van der Waals surface area contributed by atoms with Crippen molar-refractivity contribution in [1.82, 2.24) is 10.2 Å². The number of nitrogens with zero attached hydrogens (tertiary/aromatic N) is 2. The number of rotatable bonds is 7. The zero-order chi connectivity index (χ0) is 22.2. The Morgan fingerprint density at radius 3 is 2.50 bits per heavy atom. The highest BCUT2D eigenvalue weighted by molar-refractivity contribution is 5.76. The minimum atomic E-state index is 0.195. The normalized spacial score (nSPS) is 21.2. The Labute approximate surface area is 192 Å². The Hall–Kier alpha value is -2.64. The van der Waals surface area contributed by atoms with Crippen LogP contribution in [-0.2, 0) is 24.1 Å². The third kappa shape index (κ3) is 6.43. The van der Waals surface area contributed by atoms with Gasteiger partial charge in [-0.2, -0.15) is 5.26 Å². The first kappa shape index (κ1) is 22.6. The van der Waals surface area contributed by atoms with Crippen LogP contribution < -0.4 is 5.32 Å². The van der Waals surface area contributed by atoms with Crippen molar-refractivity contribution in [3.8, 4) is 6.07 Å². The molecule has 2 aromatic rings. The average molecular weight is 430 g/mol.